The Kier molecular flexibility index (Phi) is 8.43. The van der Waals surface area contributed by atoms with Crippen LogP contribution in [0.2, 0.25) is 0 Å². The molecule has 114 valence electrons. The Bertz CT molecular complexity index is 330. The highest BCUT2D eigenvalue weighted by Crippen LogP contribution is 2.20. The third kappa shape index (κ3) is 6.00. The molecule has 1 saturated heterocycles. The Labute approximate surface area is 124 Å². The topological polar surface area (TPSA) is 45.4 Å². The van der Waals surface area contributed by atoms with Crippen LogP contribution in [0.5, 0.6) is 0 Å². The lowest BCUT2D eigenvalue weighted by molar-refractivity contribution is 0.0832. The van der Waals surface area contributed by atoms with E-state index in [0.717, 1.165) is 51.2 Å². The number of nitrogens with one attached hydrogen (secondary N) is 1. The van der Waals surface area contributed by atoms with Crippen molar-refractivity contribution in [3.8, 4) is 0 Å². The summed E-state index contributed by atoms with van der Waals surface area (Å²) in [6.45, 7) is 9.17. The summed E-state index contributed by atoms with van der Waals surface area (Å²) in [7, 11) is 0. The Hall–Kier alpha value is -0.960. The third-order valence-electron chi connectivity index (χ3n) is 4.38. The second-order valence-corrected chi connectivity index (χ2v) is 5.89. The minimum absolute atomic E-state index is 0.442. The van der Waals surface area contributed by atoms with E-state index >= 15 is 0 Å². The highest BCUT2D eigenvalue weighted by atomic mass is 16.5. The standard InChI is InChI=1S/C17H30N2O/c1-4-5-6-14(2)15(3)7-10-19-17(13-18)16-8-11-20-12-9-16/h4-5,13-16,18H,6-12H2,1-3H3/b5-4-,18-13?,19-17?/t14?,15-/m1/s1. The molecule has 0 aliphatic carbocycles. The summed E-state index contributed by atoms with van der Waals surface area (Å²) in [6, 6.07) is 0. The van der Waals surface area contributed by atoms with Crippen molar-refractivity contribution in [1.82, 2.24) is 0 Å². The fraction of sp³-hybridized carbons (Fsp3) is 0.765. The molecule has 0 amide bonds. The van der Waals surface area contributed by atoms with Crippen LogP contribution in [0.3, 0.4) is 0 Å². The van der Waals surface area contributed by atoms with Gasteiger partial charge in [0.25, 0.3) is 0 Å². The van der Waals surface area contributed by atoms with Crippen LogP contribution in [-0.2, 0) is 4.74 Å². The van der Waals surface area contributed by atoms with Gasteiger partial charge in [-0.2, -0.15) is 0 Å². The van der Waals surface area contributed by atoms with Gasteiger partial charge in [-0.3, -0.25) is 4.99 Å². The van der Waals surface area contributed by atoms with E-state index in [1.807, 2.05) is 0 Å². The summed E-state index contributed by atoms with van der Waals surface area (Å²) in [4.78, 5) is 4.67. The van der Waals surface area contributed by atoms with E-state index in [-0.39, 0.29) is 0 Å². The number of hydrogen-bond acceptors (Lipinski definition) is 3. The van der Waals surface area contributed by atoms with E-state index in [2.05, 4.69) is 37.9 Å². The number of rotatable bonds is 8. The van der Waals surface area contributed by atoms with Gasteiger partial charge in [-0.1, -0.05) is 26.0 Å². The number of hydrogen-bond donors (Lipinski definition) is 1. The molecule has 0 aromatic carbocycles. The smallest absolute Gasteiger partial charge is 0.0556 e. The van der Waals surface area contributed by atoms with Crippen molar-refractivity contribution in [2.75, 3.05) is 19.8 Å². The van der Waals surface area contributed by atoms with Gasteiger partial charge in [-0.25, -0.2) is 0 Å². The van der Waals surface area contributed by atoms with Gasteiger partial charge in [0, 0.05) is 31.9 Å². The SMILES string of the molecule is C/C=C\CC(C)[C@H](C)CCN=C(C=N)C1CCOCC1. The minimum atomic E-state index is 0.442. The first-order valence-corrected chi connectivity index (χ1v) is 7.92. The lowest BCUT2D eigenvalue weighted by Gasteiger charge is -2.22. The molecule has 1 rings (SSSR count). The quantitative estimate of drug-likeness (QED) is 0.526. The van der Waals surface area contributed by atoms with Crippen molar-refractivity contribution in [2.24, 2.45) is 22.7 Å². The van der Waals surface area contributed by atoms with Crippen LogP contribution in [0.25, 0.3) is 0 Å². The predicted octanol–water partition coefficient (Wildman–Crippen LogP) is 4.13. The maximum absolute atomic E-state index is 7.55. The number of ether oxygens (including phenoxy) is 1. The first-order valence-electron chi connectivity index (χ1n) is 7.92. The van der Waals surface area contributed by atoms with Gasteiger partial charge in [0.15, 0.2) is 0 Å². The zero-order valence-electron chi connectivity index (χ0n) is 13.3. The molecule has 0 radical (unpaired) electrons. The molecule has 2 atom stereocenters. The largest absolute Gasteiger partial charge is 0.381 e. The first-order chi connectivity index (χ1) is 9.69. The molecule has 1 unspecified atom stereocenters. The van der Waals surface area contributed by atoms with Crippen LogP contribution in [0.4, 0.5) is 0 Å². The lowest BCUT2D eigenvalue weighted by atomic mass is 9.90. The molecule has 1 fully saturated rings. The lowest BCUT2D eigenvalue weighted by Crippen LogP contribution is -2.24. The van der Waals surface area contributed by atoms with Gasteiger partial charge < -0.3 is 10.1 Å². The van der Waals surface area contributed by atoms with E-state index in [4.69, 9.17) is 10.1 Å². The molecular weight excluding hydrogens is 248 g/mol. The van der Waals surface area contributed by atoms with Gasteiger partial charge in [0.2, 0.25) is 0 Å². The van der Waals surface area contributed by atoms with Crippen molar-refractivity contribution in [3.05, 3.63) is 12.2 Å². The van der Waals surface area contributed by atoms with E-state index in [0.29, 0.717) is 17.8 Å². The molecule has 0 spiro atoms. The second-order valence-electron chi connectivity index (χ2n) is 5.89. The fourth-order valence-corrected chi connectivity index (χ4v) is 2.55. The average molecular weight is 278 g/mol. The summed E-state index contributed by atoms with van der Waals surface area (Å²) in [5.74, 6) is 1.82. The van der Waals surface area contributed by atoms with Gasteiger partial charge in [0.1, 0.15) is 0 Å². The maximum atomic E-state index is 7.55. The average Bonchev–Trinajstić information content (AvgIpc) is 2.49. The third-order valence-corrected chi connectivity index (χ3v) is 4.38. The van der Waals surface area contributed by atoms with Crippen molar-refractivity contribution in [1.29, 1.82) is 5.41 Å². The van der Waals surface area contributed by atoms with Gasteiger partial charge in [0.05, 0.1) is 5.71 Å². The van der Waals surface area contributed by atoms with Crippen LogP contribution >= 0.6 is 0 Å². The number of aliphatic imine (C=N–C) groups is 1. The fourth-order valence-electron chi connectivity index (χ4n) is 2.55. The normalized spacial score (nSPS) is 21.1. The van der Waals surface area contributed by atoms with Crippen molar-refractivity contribution in [2.45, 2.75) is 46.5 Å². The highest BCUT2D eigenvalue weighted by Gasteiger charge is 2.18. The second kappa shape index (κ2) is 9.87. The maximum Gasteiger partial charge on any atom is 0.0556 e. The molecule has 3 heteroatoms. The summed E-state index contributed by atoms with van der Waals surface area (Å²) in [6.07, 6.45) is 10.1. The summed E-state index contributed by atoms with van der Waals surface area (Å²) < 4.78 is 5.37. The minimum Gasteiger partial charge on any atom is -0.381 e. The van der Waals surface area contributed by atoms with Gasteiger partial charge >= 0.3 is 0 Å². The van der Waals surface area contributed by atoms with Crippen molar-refractivity contribution >= 4 is 11.9 Å². The van der Waals surface area contributed by atoms with Crippen LogP contribution in [0.15, 0.2) is 17.1 Å². The molecule has 3 nitrogen and oxygen atoms in total. The van der Waals surface area contributed by atoms with Gasteiger partial charge in [-0.05, 0) is 44.4 Å². The van der Waals surface area contributed by atoms with Crippen molar-refractivity contribution < 1.29 is 4.74 Å². The molecule has 0 aromatic rings. The van der Waals surface area contributed by atoms with Crippen LogP contribution < -0.4 is 0 Å². The highest BCUT2D eigenvalue weighted by molar-refractivity contribution is 6.30. The molecule has 1 heterocycles. The Morgan fingerprint density at radius 2 is 2.00 bits per heavy atom. The Morgan fingerprint density at radius 1 is 1.30 bits per heavy atom. The van der Waals surface area contributed by atoms with Crippen molar-refractivity contribution in [3.63, 3.8) is 0 Å². The molecule has 1 N–H and O–H groups in total. The number of allylic oxidation sites excluding steroid dienone is 2. The van der Waals surface area contributed by atoms with E-state index in [1.165, 1.54) is 6.21 Å². The van der Waals surface area contributed by atoms with E-state index < -0.39 is 0 Å². The first kappa shape index (κ1) is 17.1. The molecule has 0 aromatic heterocycles. The van der Waals surface area contributed by atoms with Crippen LogP contribution in [-0.4, -0.2) is 31.7 Å². The van der Waals surface area contributed by atoms with E-state index in [9.17, 15) is 0 Å². The monoisotopic (exact) mass is 278 g/mol. The zero-order chi connectivity index (χ0) is 14.8. The predicted molar refractivity (Wildman–Crippen MR) is 87.0 cm³/mol. The van der Waals surface area contributed by atoms with Crippen LogP contribution in [0.1, 0.15) is 46.5 Å². The molecule has 20 heavy (non-hydrogen) atoms. The number of nitrogens with zero attached hydrogens (tertiary/aromatic N) is 1. The molecular formula is C17H30N2O. The Balaban J connectivity index is 2.38. The zero-order valence-corrected chi connectivity index (χ0v) is 13.3. The molecule has 0 saturated carbocycles. The molecule has 1 aliphatic rings. The molecule has 1 aliphatic heterocycles. The Morgan fingerprint density at radius 3 is 2.60 bits per heavy atom. The molecule has 0 bridgehead atoms. The van der Waals surface area contributed by atoms with Crippen LogP contribution in [0, 0.1) is 23.2 Å². The summed E-state index contributed by atoms with van der Waals surface area (Å²) >= 11 is 0. The summed E-state index contributed by atoms with van der Waals surface area (Å²) in [5, 5.41) is 7.55. The van der Waals surface area contributed by atoms with E-state index in [1.54, 1.807) is 0 Å². The van der Waals surface area contributed by atoms with Gasteiger partial charge in [-0.15, -0.1) is 0 Å². The summed E-state index contributed by atoms with van der Waals surface area (Å²) in [5.41, 5.74) is 0.974.